The highest BCUT2D eigenvalue weighted by molar-refractivity contribution is 7.15. The van der Waals surface area contributed by atoms with Gasteiger partial charge < -0.3 is 0 Å². The van der Waals surface area contributed by atoms with E-state index in [1.54, 1.807) is 6.20 Å². The third-order valence-electron chi connectivity index (χ3n) is 4.93. The molecule has 0 aliphatic carbocycles. The lowest BCUT2D eigenvalue weighted by Crippen LogP contribution is -1.91. The van der Waals surface area contributed by atoms with Crippen molar-refractivity contribution in [3.63, 3.8) is 0 Å². The van der Waals surface area contributed by atoms with Gasteiger partial charge in [-0.05, 0) is 61.4 Å². The van der Waals surface area contributed by atoms with Crippen LogP contribution in [0.3, 0.4) is 0 Å². The van der Waals surface area contributed by atoms with E-state index in [-0.39, 0.29) is 0 Å². The van der Waals surface area contributed by atoms with Crippen molar-refractivity contribution in [3.8, 4) is 33.2 Å². The van der Waals surface area contributed by atoms with E-state index in [1.165, 1.54) is 47.4 Å². The van der Waals surface area contributed by atoms with Crippen molar-refractivity contribution in [1.82, 2.24) is 15.0 Å². The zero-order valence-electron chi connectivity index (χ0n) is 16.7. The molecule has 0 aliphatic rings. The molecule has 4 heterocycles. The van der Waals surface area contributed by atoms with Gasteiger partial charge in [0.2, 0.25) is 0 Å². The average Bonchev–Trinajstić information content (AvgIpc) is 3.27. The third kappa shape index (κ3) is 4.96. The summed E-state index contributed by atoms with van der Waals surface area (Å²) in [6.07, 6.45) is 10.1. The monoisotopic (exact) mass is 399 g/mol. The summed E-state index contributed by atoms with van der Waals surface area (Å²) in [5.74, 6) is 0. The summed E-state index contributed by atoms with van der Waals surface area (Å²) >= 11 is 1.88. The molecule has 4 aromatic heterocycles. The minimum Gasteiger partial charge on any atom is -0.255 e. The van der Waals surface area contributed by atoms with E-state index in [1.807, 2.05) is 53.9 Å². The summed E-state index contributed by atoms with van der Waals surface area (Å²) in [5, 5.41) is 0. The number of nitrogens with zero attached hydrogens (tertiary/aromatic N) is 3. The highest BCUT2D eigenvalue weighted by Crippen LogP contribution is 2.30. The third-order valence-corrected chi connectivity index (χ3v) is 6.12. The van der Waals surface area contributed by atoms with E-state index in [0.29, 0.717) is 0 Å². The molecule has 0 saturated carbocycles. The lowest BCUT2D eigenvalue weighted by molar-refractivity contribution is 0.670. The van der Waals surface area contributed by atoms with E-state index < -0.39 is 0 Å². The minimum atomic E-state index is 0.861. The number of aromatic nitrogens is 3. The lowest BCUT2D eigenvalue weighted by Gasteiger charge is -2.05. The Morgan fingerprint density at radius 2 is 1.55 bits per heavy atom. The molecular formula is C25H25N3S. The summed E-state index contributed by atoms with van der Waals surface area (Å²) in [6, 6.07) is 20.5. The molecule has 0 amide bonds. The lowest BCUT2D eigenvalue weighted by atomic mass is 10.1. The molecule has 0 atom stereocenters. The van der Waals surface area contributed by atoms with Gasteiger partial charge in [0.1, 0.15) is 0 Å². The SMILES string of the molecule is CCCCCCc1ccc(-c2ccc(-c3cccc(-c4ccccn4)n3)nc2)s1. The second kappa shape index (κ2) is 9.57. The van der Waals surface area contributed by atoms with Gasteiger partial charge >= 0.3 is 0 Å². The highest BCUT2D eigenvalue weighted by Gasteiger charge is 2.07. The van der Waals surface area contributed by atoms with Crippen molar-refractivity contribution in [2.24, 2.45) is 0 Å². The fourth-order valence-electron chi connectivity index (χ4n) is 3.32. The molecule has 0 aliphatic heterocycles. The summed E-state index contributed by atoms with van der Waals surface area (Å²) in [5.41, 5.74) is 4.64. The molecule has 4 heteroatoms. The first kappa shape index (κ1) is 19.5. The number of pyridine rings is 3. The summed E-state index contributed by atoms with van der Waals surface area (Å²) in [6.45, 7) is 2.25. The van der Waals surface area contributed by atoms with Gasteiger partial charge in [0.25, 0.3) is 0 Å². The fraction of sp³-hybridized carbons (Fsp3) is 0.240. The Labute approximate surface area is 176 Å². The first-order valence-corrected chi connectivity index (χ1v) is 11.1. The van der Waals surface area contributed by atoms with Gasteiger partial charge in [0, 0.05) is 27.7 Å². The zero-order chi connectivity index (χ0) is 19.9. The molecule has 4 rings (SSSR count). The molecule has 0 saturated heterocycles. The minimum absolute atomic E-state index is 0.861. The molecule has 3 nitrogen and oxygen atoms in total. The Bertz CT molecular complexity index is 1040. The molecule has 4 aromatic rings. The maximum atomic E-state index is 4.75. The van der Waals surface area contributed by atoms with Crippen molar-refractivity contribution < 1.29 is 0 Å². The van der Waals surface area contributed by atoms with Crippen molar-refractivity contribution in [3.05, 3.63) is 77.9 Å². The van der Waals surface area contributed by atoms with E-state index in [2.05, 4.69) is 41.2 Å². The number of thiophene rings is 1. The molecule has 146 valence electrons. The van der Waals surface area contributed by atoms with Gasteiger partial charge in [-0.25, -0.2) is 4.98 Å². The van der Waals surface area contributed by atoms with Crippen LogP contribution in [0.2, 0.25) is 0 Å². The number of hydrogen-bond acceptors (Lipinski definition) is 4. The maximum Gasteiger partial charge on any atom is 0.0894 e. The van der Waals surface area contributed by atoms with Crippen molar-refractivity contribution in [2.45, 2.75) is 39.0 Å². The van der Waals surface area contributed by atoms with Crippen LogP contribution >= 0.6 is 11.3 Å². The predicted octanol–water partition coefficient (Wildman–Crippen LogP) is 7.06. The molecule has 0 unspecified atom stereocenters. The Kier molecular flexibility index (Phi) is 6.42. The molecule has 0 radical (unpaired) electrons. The van der Waals surface area contributed by atoms with Crippen LogP contribution in [0.15, 0.2) is 73.1 Å². The van der Waals surface area contributed by atoms with E-state index in [9.17, 15) is 0 Å². The molecule has 29 heavy (non-hydrogen) atoms. The van der Waals surface area contributed by atoms with E-state index >= 15 is 0 Å². The first-order chi connectivity index (χ1) is 14.3. The fourth-order valence-corrected chi connectivity index (χ4v) is 4.36. The van der Waals surface area contributed by atoms with Crippen LogP contribution in [0, 0.1) is 0 Å². The normalized spacial score (nSPS) is 10.9. The zero-order valence-corrected chi connectivity index (χ0v) is 17.5. The first-order valence-electron chi connectivity index (χ1n) is 10.3. The molecule has 0 N–H and O–H groups in total. The molecule has 0 aromatic carbocycles. The second-order valence-corrected chi connectivity index (χ2v) is 8.30. The van der Waals surface area contributed by atoms with Crippen LogP contribution < -0.4 is 0 Å². The number of unbranched alkanes of at least 4 members (excludes halogenated alkanes) is 3. The van der Waals surface area contributed by atoms with Crippen molar-refractivity contribution in [2.75, 3.05) is 0 Å². The second-order valence-electron chi connectivity index (χ2n) is 7.13. The number of hydrogen-bond donors (Lipinski definition) is 0. The van der Waals surface area contributed by atoms with Crippen LogP contribution in [0.25, 0.3) is 33.2 Å². The number of rotatable bonds is 8. The van der Waals surface area contributed by atoms with Gasteiger partial charge in [-0.3, -0.25) is 9.97 Å². The van der Waals surface area contributed by atoms with Gasteiger partial charge in [-0.2, -0.15) is 0 Å². The average molecular weight is 400 g/mol. The number of aryl methyl sites for hydroxylation is 1. The molecule has 0 bridgehead atoms. The molecular weight excluding hydrogens is 374 g/mol. The van der Waals surface area contributed by atoms with Gasteiger partial charge in [-0.1, -0.05) is 38.3 Å². The summed E-state index contributed by atoms with van der Waals surface area (Å²) < 4.78 is 0. The summed E-state index contributed by atoms with van der Waals surface area (Å²) in [7, 11) is 0. The standard InChI is InChI=1S/C25H25N3S/c1-2-3-4-5-9-20-14-16-25(29-20)19-13-15-22(27-18-19)24-12-8-11-23(28-24)21-10-6-7-17-26-21/h6-8,10-18H,2-5,9H2,1H3. The molecule has 0 spiro atoms. The van der Waals surface area contributed by atoms with Crippen LogP contribution in [0.5, 0.6) is 0 Å². The van der Waals surface area contributed by atoms with Crippen molar-refractivity contribution in [1.29, 1.82) is 0 Å². The highest BCUT2D eigenvalue weighted by atomic mass is 32.1. The van der Waals surface area contributed by atoms with E-state index in [0.717, 1.165) is 22.8 Å². The topological polar surface area (TPSA) is 38.7 Å². The van der Waals surface area contributed by atoms with Crippen LogP contribution in [-0.4, -0.2) is 15.0 Å². The predicted molar refractivity (Wildman–Crippen MR) is 122 cm³/mol. The van der Waals surface area contributed by atoms with Crippen LogP contribution in [-0.2, 0) is 6.42 Å². The van der Waals surface area contributed by atoms with Crippen LogP contribution in [0.4, 0.5) is 0 Å². The largest absolute Gasteiger partial charge is 0.255 e. The van der Waals surface area contributed by atoms with Gasteiger partial charge in [0.15, 0.2) is 0 Å². The Morgan fingerprint density at radius 3 is 2.28 bits per heavy atom. The maximum absolute atomic E-state index is 4.75. The Hall–Kier alpha value is -2.85. The molecule has 0 fully saturated rings. The quantitative estimate of drug-likeness (QED) is 0.298. The van der Waals surface area contributed by atoms with Crippen LogP contribution in [0.1, 0.15) is 37.5 Å². The Morgan fingerprint density at radius 1 is 0.724 bits per heavy atom. The van der Waals surface area contributed by atoms with Gasteiger partial charge in [-0.15, -0.1) is 11.3 Å². The smallest absolute Gasteiger partial charge is 0.0894 e. The van der Waals surface area contributed by atoms with E-state index in [4.69, 9.17) is 4.98 Å². The van der Waals surface area contributed by atoms with Gasteiger partial charge in [0.05, 0.1) is 22.8 Å². The summed E-state index contributed by atoms with van der Waals surface area (Å²) in [4.78, 5) is 16.6. The van der Waals surface area contributed by atoms with Crippen molar-refractivity contribution >= 4 is 11.3 Å². The Balaban J connectivity index is 1.48.